The summed E-state index contributed by atoms with van der Waals surface area (Å²) in [5.74, 6) is -0.165. The normalized spacial score (nSPS) is 10.0. The third kappa shape index (κ3) is 3.17. The molecule has 6 nitrogen and oxygen atoms in total. The van der Waals surface area contributed by atoms with Crippen LogP contribution in [0.1, 0.15) is 15.9 Å². The molecule has 108 valence electrons. The summed E-state index contributed by atoms with van der Waals surface area (Å²) >= 11 is 0. The molecule has 0 fully saturated rings. The minimum Gasteiger partial charge on any atom is -0.490 e. The summed E-state index contributed by atoms with van der Waals surface area (Å²) in [6, 6.07) is 11.4. The van der Waals surface area contributed by atoms with E-state index in [1.165, 1.54) is 19.2 Å². The standard InChI is InChI=1S/C15H14N2O4/c1-10-5-3-4-6-12(10)15(18)16-11-7-8-14(21-2)13(9-11)17(19)20/h3-9H,1-2H3,(H,16,18). The smallest absolute Gasteiger partial charge is 0.312 e. The van der Waals surface area contributed by atoms with Crippen LogP contribution in [-0.2, 0) is 0 Å². The maximum Gasteiger partial charge on any atom is 0.312 e. The molecule has 0 bridgehead atoms. The van der Waals surface area contributed by atoms with Crippen LogP contribution in [0.4, 0.5) is 11.4 Å². The molecule has 0 aromatic heterocycles. The second kappa shape index (κ2) is 6.04. The van der Waals surface area contributed by atoms with Crippen LogP contribution in [0.5, 0.6) is 5.75 Å². The molecule has 2 aromatic rings. The van der Waals surface area contributed by atoms with Crippen LogP contribution < -0.4 is 10.1 Å². The van der Waals surface area contributed by atoms with Crippen LogP contribution in [0, 0.1) is 17.0 Å². The zero-order valence-corrected chi connectivity index (χ0v) is 11.6. The molecule has 0 unspecified atom stereocenters. The number of anilines is 1. The zero-order valence-electron chi connectivity index (χ0n) is 11.6. The summed E-state index contributed by atoms with van der Waals surface area (Å²) in [4.78, 5) is 22.6. The van der Waals surface area contributed by atoms with Crippen molar-refractivity contribution < 1.29 is 14.5 Å². The number of methoxy groups -OCH3 is 1. The number of hydrogen-bond donors (Lipinski definition) is 1. The van der Waals surface area contributed by atoms with E-state index in [4.69, 9.17) is 4.74 Å². The summed E-state index contributed by atoms with van der Waals surface area (Å²) in [5, 5.41) is 13.6. The van der Waals surface area contributed by atoms with Gasteiger partial charge in [-0.3, -0.25) is 14.9 Å². The first-order chi connectivity index (χ1) is 10.0. The van der Waals surface area contributed by atoms with E-state index in [-0.39, 0.29) is 17.3 Å². The number of hydrogen-bond acceptors (Lipinski definition) is 4. The van der Waals surface area contributed by atoms with Crippen molar-refractivity contribution in [2.45, 2.75) is 6.92 Å². The van der Waals surface area contributed by atoms with Crippen molar-refractivity contribution in [3.63, 3.8) is 0 Å². The number of nitrogens with one attached hydrogen (secondary N) is 1. The van der Waals surface area contributed by atoms with Gasteiger partial charge in [-0.1, -0.05) is 18.2 Å². The average Bonchev–Trinajstić information content (AvgIpc) is 2.47. The predicted molar refractivity (Wildman–Crippen MR) is 78.8 cm³/mol. The molecule has 0 atom stereocenters. The number of benzene rings is 2. The molecule has 1 N–H and O–H groups in total. The summed E-state index contributed by atoms with van der Waals surface area (Å²) in [5.41, 5.74) is 1.50. The van der Waals surface area contributed by atoms with Crippen LogP contribution in [-0.4, -0.2) is 17.9 Å². The molecule has 6 heteroatoms. The van der Waals surface area contributed by atoms with Crippen molar-refractivity contribution in [2.75, 3.05) is 12.4 Å². The van der Waals surface area contributed by atoms with Crippen molar-refractivity contribution in [1.82, 2.24) is 0 Å². The highest BCUT2D eigenvalue weighted by atomic mass is 16.6. The van der Waals surface area contributed by atoms with Gasteiger partial charge in [0.1, 0.15) is 0 Å². The van der Waals surface area contributed by atoms with E-state index in [1.54, 1.807) is 18.2 Å². The first-order valence-corrected chi connectivity index (χ1v) is 6.22. The number of carbonyl (C=O) groups excluding carboxylic acids is 1. The molecule has 0 aliphatic rings. The summed E-state index contributed by atoms with van der Waals surface area (Å²) in [7, 11) is 1.36. The Morgan fingerprint density at radius 3 is 2.57 bits per heavy atom. The number of nitrogens with zero attached hydrogens (tertiary/aromatic N) is 1. The molecule has 21 heavy (non-hydrogen) atoms. The molecule has 0 aliphatic carbocycles. The van der Waals surface area contributed by atoms with Gasteiger partial charge in [-0.05, 0) is 30.7 Å². The molecular weight excluding hydrogens is 272 g/mol. The van der Waals surface area contributed by atoms with Crippen LogP contribution in [0.25, 0.3) is 0 Å². The van der Waals surface area contributed by atoms with E-state index in [0.717, 1.165) is 5.56 Å². The minimum absolute atomic E-state index is 0.147. The minimum atomic E-state index is -0.553. The van der Waals surface area contributed by atoms with E-state index < -0.39 is 4.92 Å². The van der Waals surface area contributed by atoms with Crippen LogP contribution in [0.15, 0.2) is 42.5 Å². The molecule has 2 rings (SSSR count). The number of nitro groups is 1. The van der Waals surface area contributed by atoms with Gasteiger partial charge in [0, 0.05) is 17.3 Å². The Morgan fingerprint density at radius 1 is 1.24 bits per heavy atom. The van der Waals surface area contributed by atoms with Crippen molar-refractivity contribution in [2.24, 2.45) is 0 Å². The zero-order chi connectivity index (χ0) is 15.4. The van der Waals surface area contributed by atoms with Crippen molar-refractivity contribution in [3.8, 4) is 5.75 Å². The fourth-order valence-corrected chi connectivity index (χ4v) is 1.94. The Morgan fingerprint density at radius 2 is 1.95 bits per heavy atom. The van der Waals surface area contributed by atoms with Gasteiger partial charge in [-0.15, -0.1) is 0 Å². The fourth-order valence-electron chi connectivity index (χ4n) is 1.94. The molecule has 0 heterocycles. The van der Waals surface area contributed by atoms with Crippen molar-refractivity contribution in [3.05, 3.63) is 63.7 Å². The SMILES string of the molecule is COc1ccc(NC(=O)c2ccccc2C)cc1[N+](=O)[O-]. The Hall–Kier alpha value is -2.89. The maximum absolute atomic E-state index is 12.2. The van der Waals surface area contributed by atoms with Crippen LogP contribution in [0.2, 0.25) is 0 Å². The van der Waals surface area contributed by atoms with Gasteiger partial charge in [0.2, 0.25) is 0 Å². The van der Waals surface area contributed by atoms with E-state index in [0.29, 0.717) is 11.3 Å². The largest absolute Gasteiger partial charge is 0.490 e. The lowest BCUT2D eigenvalue weighted by atomic mass is 10.1. The lowest BCUT2D eigenvalue weighted by Gasteiger charge is -2.08. The number of ether oxygens (including phenoxy) is 1. The highest BCUT2D eigenvalue weighted by Gasteiger charge is 2.16. The highest BCUT2D eigenvalue weighted by molar-refractivity contribution is 6.05. The highest BCUT2D eigenvalue weighted by Crippen LogP contribution is 2.29. The number of amides is 1. The summed E-state index contributed by atoms with van der Waals surface area (Å²) in [6.07, 6.45) is 0. The molecule has 0 radical (unpaired) electrons. The van der Waals surface area contributed by atoms with E-state index in [2.05, 4.69) is 5.32 Å². The number of carbonyl (C=O) groups is 1. The van der Waals surface area contributed by atoms with Gasteiger partial charge < -0.3 is 10.1 Å². The molecule has 0 saturated carbocycles. The fraction of sp³-hybridized carbons (Fsp3) is 0.133. The second-order valence-corrected chi connectivity index (χ2v) is 4.41. The van der Waals surface area contributed by atoms with Crippen molar-refractivity contribution in [1.29, 1.82) is 0 Å². The number of aryl methyl sites for hydroxylation is 1. The van der Waals surface area contributed by atoms with E-state index in [1.807, 2.05) is 19.1 Å². The Balaban J connectivity index is 2.28. The first kappa shape index (κ1) is 14.5. The van der Waals surface area contributed by atoms with Crippen LogP contribution in [0.3, 0.4) is 0 Å². The summed E-state index contributed by atoms with van der Waals surface area (Å²) < 4.78 is 4.92. The Bertz CT molecular complexity index is 698. The van der Waals surface area contributed by atoms with Crippen molar-refractivity contribution >= 4 is 17.3 Å². The monoisotopic (exact) mass is 286 g/mol. The molecule has 1 amide bonds. The van der Waals surface area contributed by atoms with Gasteiger partial charge in [0.05, 0.1) is 12.0 Å². The molecule has 0 aliphatic heterocycles. The van der Waals surface area contributed by atoms with Gasteiger partial charge in [-0.2, -0.15) is 0 Å². The van der Waals surface area contributed by atoms with Gasteiger partial charge in [-0.25, -0.2) is 0 Å². The predicted octanol–water partition coefficient (Wildman–Crippen LogP) is 3.16. The number of nitro benzene ring substituents is 1. The average molecular weight is 286 g/mol. The molecular formula is C15H14N2O4. The number of rotatable bonds is 4. The molecule has 0 saturated heterocycles. The maximum atomic E-state index is 12.2. The van der Waals surface area contributed by atoms with E-state index in [9.17, 15) is 14.9 Å². The van der Waals surface area contributed by atoms with Gasteiger partial charge in [0.25, 0.3) is 5.91 Å². The third-order valence-electron chi connectivity index (χ3n) is 3.02. The molecule has 0 spiro atoms. The lowest BCUT2D eigenvalue weighted by Crippen LogP contribution is -2.13. The summed E-state index contributed by atoms with van der Waals surface area (Å²) in [6.45, 7) is 1.82. The van der Waals surface area contributed by atoms with Gasteiger partial charge in [0.15, 0.2) is 5.75 Å². The van der Waals surface area contributed by atoms with E-state index >= 15 is 0 Å². The topological polar surface area (TPSA) is 81.5 Å². The first-order valence-electron chi connectivity index (χ1n) is 6.22. The van der Waals surface area contributed by atoms with Gasteiger partial charge >= 0.3 is 5.69 Å². The van der Waals surface area contributed by atoms with Crippen LogP contribution >= 0.6 is 0 Å². The lowest BCUT2D eigenvalue weighted by molar-refractivity contribution is -0.385. The second-order valence-electron chi connectivity index (χ2n) is 4.41. The third-order valence-corrected chi connectivity index (χ3v) is 3.02. The quantitative estimate of drug-likeness (QED) is 0.691. The molecule has 2 aromatic carbocycles. The Kier molecular flexibility index (Phi) is 4.18. The Labute approximate surface area is 121 Å².